The van der Waals surface area contributed by atoms with Crippen molar-refractivity contribution in [2.45, 2.75) is 18.0 Å². The summed E-state index contributed by atoms with van der Waals surface area (Å²) in [4.78, 5) is 11.3. The molecule has 0 aliphatic heterocycles. The molecule has 0 fully saturated rings. The summed E-state index contributed by atoms with van der Waals surface area (Å²) in [5, 5.41) is 2.52. The Morgan fingerprint density at radius 2 is 1.75 bits per heavy atom. The van der Waals surface area contributed by atoms with Gasteiger partial charge in [0, 0.05) is 19.2 Å². The molecule has 146 valence electrons. The maximum absolute atomic E-state index is 14.2. The largest absolute Gasteiger partial charge is 0.468 e. The van der Waals surface area contributed by atoms with E-state index in [0.717, 1.165) is 10.4 Å². The average Bonchev–Trinajstić information content (AvgIpc) is 3.21. The van der Waals surface area contributed by atoms with Crippen LogP contribution in [-0.2, 0) is 23.1 Å². The molecule has 1 amide bonds. The number of amides is 1. The highest BCUT2D eigenvalue weighted by Crippen LogP contribution is 2.23. The third-order valence-corrected chi connectivity index (χ3v) is 5.99. The van der Waals surface area contributed by atoms with E-state index in [0.29, 0.717) is 16.9 Å². The van der Waals surface area contributed by atoms with Gasteiger partial charge in [-0.3, -0.25) is 4.79 Å². The zero-order valence-corrected chi connectivity index (χ0v) is 15.9. The first kappa shape index (κ1) is 19.8. The molecule has 0 saturated carbocycles. The standard InChI is InChI=1S/C20H19FN2O4S/c1-22-20(24)16-10-8-15(9-11-16)13-23(14-17-5-4-12-27-17)28(25,26)19-7-3-2-6-18(19)21/h2-12H,13-14H2,1H3,(H,22,24). The number of furan rings is 1. The van der Waals surface area contributed by atoms with Gasteiger partial charge in [-0.15, -0.1) is 0 Å². The van der Waals surface area contributed by atoms with Gasteiger partial charge in [0.25, 0.3) is 5.91 Å². The SMILES string of the molecule is CNC(=O)c1ccc(CN(Cc2ccco2)S(=O)(=O)c2ccccc2F)cc1. The minimum atomic E-state index is -4.12. The van der Waals surface area contributed by atoms with Crippen molar-refractivity contribution >= 4 is 15.9 Å². The van der Waals surface area contributed by atoms with Gasteiger partial charge in [-0.2, -0.15) is 4.31 Å². The molecule has 0 aliphatic carbocycles. The second-order valence-corrected chi connectivity index (χ2v) is 7.97. The van der Waals surface area contributed by atoms with E-state index in [1.165, 1.54) is 31.5 Å². The number of hydrogen-bond donors (Lipinski definition) is 1. The van der Waals surface area contributed by atoms with Gasteiger partial charge < -0.3 is 9.73 Å². The van der Waals surface area contributed by atoms with Gasteiger partial charge in [-0.1, -0.05) is 24.3 Å². The number of carbonyl (C=O) groups excluding carboxylic acids is 1. The first-order valence-corrected chi connectivity index (χ1v) is 9.94. The number of hydrogen-bond acceptors (Lipinski definition) is 4. The molecule has 0 spiro atoms. The maximum atomic E-state index is 14.2. The lowest BCUT2D eigenvalue weighted by Crippen LogP contribution is -2.30. The number of benzene rings is 2. The van der Waals surface area contributed by atoms with Crippen LogP contribution in [0.5, 0.6) is 0 Å². The van der Waals surface area contributed by atoms with Crippen molar-refractivity contribution in [3.8, 4) is 0 Å². The van der Waals surface area contributed by atoms with Gasteiger partial charge in [0.15, 0.2) is 0 Å². The van der Waals surface area contributed by atoms with Crippen molar-refractivity contribution in [1.29, 1.82) is 0 Å². The van der Waals surface area contributed by atoms with Crippen LogP contribution in [0.4, 0.5) is 4.39 Å². The lowest BCUT2D eigenvalue weighted by Gasteiger charge is -2.22. The van der Waals surface area contributed by atoms with Crippen LogP contribution in [0.15, 0.2) is 76.2 Å². The summed E-state index contributed by atoms with van der Waals surface area (Å²) in [5.74, 6) is -0.623. The van der Waals surface area contributed by atoms with E-state index in [1.54, 1.807) is 36.4 Å². The molecule has 28 heavy (non-hydrogen) atoms. The molecule has 0 radical (unpaired) electrons. The van der Waals surface area contributed by atoms with Crippen molar-refractivity contribution in [3.05, 3.63) is 89.6 Å². The van der Waals surface area contributed by atoms with Gasteiger partial charge in [0.1, 0.15) is 16.5 Å². The Bertz CT molecular complexity index is 1050. The normalized spacial score (nSPS) is 11.5. The smallest absolute Gasteiger partial charge is 0.251 e. The molecule has 3 rings (SSSR count). The number of halogens is 1. The summed E-state index contributed by atoms with van der Waals surface area (Å²) in [6.45, 7) is -0.0632. The van der Waals surface area contributed by atoms with Crippen LogP contribution in [0.3, 0.4) is 0 Å². The van der Waals surface area contributed by atoms with E-state index < -0.39 is 20.7 Å². The average molecular weight is 402 g/mol. The van der Waals surface area contributed by atoms with Gasteiger partial charge in [0.2, 0.25) is 10.0 Å². The van der Waals surface area contributed by atoms with Gasteiger partial charge in [-0.25, -0.2) is 12.8 Å². The van der Waals surface area contributed by atoms with Crippen molar-refractivity contribution in [3.63, 3.8) is 0 Å². The van der Waals surface area contributed by atoms with E-state index in [-0.39, 0.29) is 19.0 Å². The Hall–Kier alpha value is -2.97. The summed E-state index contributed by atoms with van der Waals surface area (Å²) in [5.41, 5.74) is 1.11. The zero-order valence-electron chi connectivity index (χ0n) is 15.1. The van der Waals surface area contributed by atoms with Crippen LogP contribution in [0.1, 0.15) is 21.7 Å². The van der Waals surface area contributed by atoms with Gasteiger partial charge in [0.05, 0.1) is 12.8 Å². The quantitative estimate of drug-likeness (QED) is 0.658. The fourth-order valence-electron chi connectivity index (χ4n) is 2.70. The highest BCUT2D eigenvalue weighted by atomic mass is 32.2. The molecule has 0 atom stereocenters. The van der Waals surface area contributed by atoms with Gasteiger partial charge in [-0.05, 0) is 42.0 Å². The molecule has 1 heterocycles. The predicted molar refractivity (Wildman–Crippen MR) is 101 cm³/mol. The van der Waals surface area contributed by atoms with Crippen molar-refractivity contribution in [2.75, 3.05) is 7.05 Å². The van der Waals surface area contributed by atoms with Crippen LogP contribution in [0.25, 0.3) is 0 Å². The molecule has 2 aromatic carbocycles. The number of sulfonamides is 1. The van der Waals surface area contributed by atoms with Crippen LogP contribution in [0, 0.1) is 5.82 Å². The Balaban J connectivity index is 1.93. The molecule has 6 nitrogen and oxygen atoms in total. The zero-order chi connectivity index (χ0) is 20.1. The van der Waals surface area contributed by atoms with Crippen LogP contribution < -0.4 is 5.32 Å². The summed E-state index contributed by atoms with van der Waals surface area (Å²) < 4.78 is 46.8. The van der Waals surface area contributed by atoms with Crippen molar-refractivity contribution < 1.29 is 22.0 Å². The molecule has 0 bridgehead atoms. The minimum Gasteiger partial charge on any atom is -0.468 e. The van der Waals surface area contributed by atoms with E-state index in [2.05, 4.69) is 5.32 Å². The predicted octanol–water partition coefficient (Wildman–Crippen LogP) is 3.17. The van der Waals surface area contributed by atoms with Crippen molar-refractivity contribution in [1.82, 2.24) is 9.62 Å². The third kappa shape index (κ3) is 4.29. The first-order chi connectivity index (χ1) is 13.4. The Labute approximate surface area is 162 Å². The van der Waals surface area contributed by atoms with Gasteiger partial charge >= 0.3 is 0 Å². The fourth-order valence-corrected chi connectivity index (χ4v) is 4.16. The highest BCUT2D eigenvalue weighted by Gasteiger charge is 2.28. The second-order valence-electron chi connectivity index (χ2n) is 6.06. The molecular weight excluding hydrogens is 383 g/mol. The molecule has 0 aliphatic rings. The molecule has 8 heteroatoms. The highest BCUT2D eigenvalue weighted by molar-refractivity contribution is 7.89. The monoisotopic (exact) mass is 402 g/mol. The maximum Gasteiger partial charge on any atom is 0.251 e. The Kier molecular flexibility index (Phi) is 5.91. The molecule has 0 unspecified atom stereocenters. The molecule has 1 N–H and O–H groups in total. The number of nitrogens with one attached hydrogen (secondary N) is 1. The van der Waals surface area contributed by atoms with E-state index >= 15 is 0 Å². The Morgan fingerprint density at radius 3 is 2.36 bits per heavy atom. The molecular formula is C20H19FN2O4S. The summed E-state index contributed by atoms with van der Waals surface area (Å²) in [6, 6.07) is 15.1. The summed E-state index contributed by atoms with van der Waals surface area (Å²) in [6.07, 6.45) is 1.45. The van der Waals surface area contributed by atoms with E-state index in [9.17, 15) is 17.6 Å². The summed E-state index contributed by atoms with van der Waals surface area (Å²) in [7, 11) is -2.59. The van der Waals surface area contributed by atoms with Crippen LogP contribution >= 0.6 is 0 Å². The minimum absolute atomic E-state index is 0.00854. The lowest BCUT2D eigenvalue weighted by atomic mass is 10.1. The number of nitrogens with zero attached hydrogens (tertiary/aromatic N) is 1. The van der Waals surface area contributed by atoms with Crippen molar-refractivity contribution in [2.24, 2.45) is 0 Å². The lowest BCUT2D eigenvalue weighted by molar-refractivity contribution is 0.0963. The molecule has 3 aromatic rings. The van der Waals surface area contributed by atoms with E-state index in [1.807, 2.05) is 0 Å². The van der Waals surface area contributed by atoms with E-state index in [4.69, 9.17) is 4.42 Å². The third-order valence-electron chi connectivity index (χ3n) is 4.17. The molecule has 0 saturated heterocycles. The number of carbonyl (C=O) groups is 1. The first-order valence-electron chi connectivity index (χ1n) is 8.50. The number of rotatable bonds is 7. The Morgan fingerprint density at radius 1 is 1.04 bits per heavy atom. The second kappa shape index (κ2) is 8.37. The fraction of sp³-hybridized carbons (Fsp3) is 0.150. The summed E-state index contributed by atoms with van der Waals surface area (Å²) >= 11 is 0. The van der Waals surface area contributed by atoms with Crippen LogP contribution in [-0.4, -0.2) is 25.7 Å². The van der Waals surface area contributed by atoms with Crippen LogP contribution in [0.2, 0.25) is 0 Å². The topological polar surface area (TPSA) is 79.6 Å². The molecule has 1 aromatic heterocycles.